The summed E-state index contributed by atoms with van der Waals surface area (Å²) in [6.07, 6.45) is 4.54. The second-order valence-electron chi connectivity index (χ2n) is 4.62. The smallest absolute Gasteiger partial charge is 0.0623 e. The quantitative estimate of drug-likeness (QED) is 0.687. The van der Waals surface area contributed by atoms with Gasteiger partial charge in [-0.05, 0) is 44.9 Å². The van der Waals surface area contributed by atoms with E-state index in [1.54, 1.807) is 7.11 Å². The molecule has 1 N–H and O–H groups in total. The molecule has 0 radical (unpaired) electrons. The third-order valence-electron chi connectivity index (χ3n) is 3.10. The predicted molar refractivity (Wildman–Crippen MR) is 49.1 cm³/mol. The Hall–Kier alpha value is -0.0800. The van der Waals surface area contributed by atoms with E-state index in [0.717, 1.165) is 12.8 Å². The van der Waals surface area contributed by atoms with Crippen LogP contribution in [0.2, 0.25) is 0 Å². The lowest BCUT2D eigenvalue weighted by Gasteiger charge is -2.25. The molecule has 0 heterocycles. The Morgan fingerprint density at radius 1 is 1.42 bits per heavy atom. The summed E-state index contributed by atoms with van der Waals surface area (Å²) < 4.78 is 5.32. The number of aliphatic hydroxyl groups is 1. The molecular formula is C10H20O2. The van der Waals surface area contributed by atoms with Crippen molar-refractivity contribution < 1.29 is 9.84 Å². The molecule has 1 aliphatic rings. The van der Waals surface area contributed by atoms with Crippen LogP contribution in [-0.4, -0.2) is 24.4 Å². The van der Waals surface area contributed by atoms with E-state index in [1.807, 2.05) is 0 Å². The summed E-state index contributed by atoms with van der Waals surface area (Å²) in [6.45, 7) is 4.55. The molecule has 0 aromatic heterocycles. The molecule has 1 saturated carbocycles. The molecule has 2 heteroatoms. The van der Waals surface area contributed by atoms with E-state index in [1.165, 1.54) is 12.8 Å². The number of hydrogen-bond donors (Lipinski definition) is 1. The van der Waals surface area contributed by atoms with Crippen LogP contribution in [0, 0.1) is 5.41 Å². The van der Waals surface area contributed by atoms with E-state index in [-0.39, 0.29) is 11.0 Å². The molecule has 0 spiro atoms. The molecule has 0 atom stereocenters. The largest absolute Gasteiger partial charge is 0.396 e. The van der Waals surface area contributed by atoms with Crippen LogP contribution < -0.4 is 0 Å². The van der Waals surface area contributed by atoms with Crippen LogP contribution >= 0.6 is 0 Å². The highest BCUT2D eigenvalue weighted by atomic mass is 16.5. The molecule has 12 heavy (non-hydrogen) atoms. The van der Waals surface area contributed by atoms with E-state index in [2.05, 4.69) is 13.8 Å². The van der Waals surface area contributed by atoms with Crippen molar-refractivity contribution >= 4 is 0 Å². The van der Waals surface area contributed by atoms with E-state index < -0.39 is 0 Å². The zero-order chi connectivity index (χ0) is 9.24. The molecule has 1 aliphatic carbocycles. The first-order valence-corrected chi connectivity index (χ1v) is 4.70. The number of rotatable bonds is 5. The Bertz CT molecular complexity index is 142. The van der Waals surface area contributed by atoms with Crippen molar-refractivity contribution in [3.63, 3.8) is 0 Å². The van der Waals surface area contributed by atoms with Gasteiger partial charge in [0.15, 0.2) is 0 Å². The summed E-state index contributed by atoms with van der Waals surface area (Å²) in [5.74, 6) is 0. The average molecular weight is 172 g/mol. The van der Waals surface area contributed by atoms with Crippen LogP contribution in [0.15, 0.2) is 0 Å². The fourth-order valence-electron chi connectivity index (χ4n) is 1.33. The lowest BCUT2D eigenvalue weighted by atomic mass is 9.93. The molecule has 0 saturated heterocycles. The first-order valence-electron chi connectivity index (χ1n) is 4.70. The van der Waals surface area contributed by atoms with E-state index in [9.17, 15) is 0 Å². The molecule has 1 fully saturated rings. The molecule has 72 valence electrons. The minimum absolute atomic E-state index is 0.0231. The van der Waals surface area contributed by atoms with E-state index in [4.69, 9.17) is 9.84 Å². The predicted octanol–water partition coefficient (Wildman–Crippen LogP) is 1.96. The van der Waals surface area contributed by atoms with Crippen LogP contribution in [0.25, 0.3) is 0 Å². The van der Waals surface area contributed by atoms with Gasteiger partial charge in [0, 0.05) is 13.7 Å². The molecule has 0 aromatic rings. The van der Waals surface area contributed by atoms with Gasteiger partial charge in [-0.15, -0.1) is 0 Å². The number of methoxy groups -OCH3 is 1. The molecule has 0 amide bonds. The maximum atomic E-state index is 9.09. The van der Waals surface area contributed by atoms with Crippen LogP contribution in [-0.2, 0) is 4.74 Å². The van der Waals surface area contributed by atoms with Gasteiger partial charge in [0.05, 0.1) is 5.60 Å². The first kappa shape index (κ1) is 10.0. The minimum atomic E-state index is -0.0231. The summed E-state index contributed by atoms with van der Waals surface area (Å²) in [5.41, 5.74) is 0.251. The molecule has 2 nitrogen and oxygen atoms in total. The average Bonchev–Trinajstić information content (AvgIpc) is 2.82. The highest BCUT2D eigenvalue weighted by Crippen LogP contribution is 2.49. The fourth-order valence-corrected chi connectivity index (χ4v) is 1.33. The van der Waals surface area contributed by atoms with Gasteiger partial charge in [-0.3, -0.25) is 0 Å². The Balaban J connectivity index is 2.25. The third-order valence-corrected chi connectivity index (χ3v) is 3.10. The standard InChI is InChI=1S/C10H20O2/c1-9(2,12-3)4-5-10(8-11)6-7-10/h11H,4-8H2,1-3H3. The first-order chi connectivity index (χ1) is 5.54. The molecule has 1 rings (SSSR count). The third kappa shape index (κ3) is 2.46. The van der Waals surface area contributed by atoms with E-state index in [0.29, 0.717) is 6.61 Å². The van der Waals surface area contributed by atoms with Crippen molar-refractivity contribution in [1.82, 2.24) is 0 Å². The zero-order valence-electron chi connectivity index (χ0n) is 8.39. The second-order valence-corrected chi connectivity index (χ2v) is 4.62. The van der Waals surface area contributed by atoms with Crippen molar-refractivity contribution in [1.29, 1.82) is 0 Å². The Morgan fingerprint density at radius 3 is 2.33 bits per heavy atom. The van der Waals surface area contributed by atoms with Gasteiger partial charge in [0.2, 0.25) is 0 Å². The SMILES string of the molecule is COC(C)(C)CCC1(CO)CC1. The summed E-state index contributed by atoms with van der Waals surface area (Å²) in [4.78, 5) is 0. The monoisotopic (exact) mass is 172 g/mol. The van der Waals surface area contributed by atoms with Gasteiger partial charge in [0.1, 0.15) is 0 Å². The maximum Gasteiger partial charge on any atom is 0.0623 e. The molecule has 0 unspecified atom stereocenters. The highest BCUT2D eigenvalue weighted by molar-refractivity contribution is 4.93. The van der Waals surface area contributed by atoms with Gasteiger partial charge in [-0.2, -0.15) is 0 Å². The Morgan fingerprint density at radius 2 is 2.00 bits per heavy atom. The van der Waals surface area contributed by atoms with Gasteiger partial charge in [-0.25, -0.2) is 0 Å². The summed E-state index contributed by atoms with van der Waals surface area (Å²) >= 11 is 0. The Kier molecular flexibility index (Phi) is 2.79. The number of ether oxygens (including phenoxy) is 1. The molecule has 0 bridgehead atoms. The zero-order valence-corrected chi connectivity index (χ0v) is 8.39. The van der Waals surface area contributed by atoms with Crippen LogP contribution in [0.4, 0.5) is 0 Å². The van der Waals surface area contributed by atoms with Crippen molar-refractivity contribution in [3.8, 4) is 0 Å². The van der Waals surface area contributed by atoms with Crippen molar-refractivity contribution in [2.45, 2.75) is 45.1 Å². The maximum absolute atomic E-state index is 9.09. The van der Waals surface area contributed by atoms with Crippen LogP contribution in [0.5, 0.6) is 0 Å². The summed E-state index contributed by atoms with van der Waals surface area (Å²) in [7, 11) is 1.75. The van der Waals surface area contributed by atoms with Crippen molar-refractivity contribution in [2.24, 2.45) is 5.41 Å². The van der Waals surface area contributed by atoms with Crippen LogP contribution in [0.3, 0.4) is 0 Å². The molecule has 0 aromatic carbocycles. The topological polar surface area (TPSA) is 29.5 Å². The molecular weight excluding hydrogens is 152 g/mol. The minimum Gasteiger partial charge on any atom is -0.396 e. The van der Waals surface area contributed by atoms with Gasteiger partial charge < -0.3 is 9.84 Å². The normalized spacial score (nSPS) is 21.0. The number of hydrogen-bond acceptors (Lipinski definition) is 2. The van der Waals surface area contributed by atoms with Crippen molar-refractivity contribution in [2.75, 3.05) is 13.7 Å². The molecule has 0 aliphatic heterocycles. The Labute approximate surface area is 74.9 Å². The lowest BCUT2D eigenvalue weighted by molar-refractivity contribution is 0.00661. The highest BCUT2D eigenvalue weighted by Gasteiger charge is 2.42. The van der Waals surface area contributed by atoms with E-state index >= 15 is 0 Å². The number of aliphatic hydroxyl groups excluding tert-OH is 1. The summed E-state index contributed by atoms with van der Waals surface area (Å²) in [5, 5.41) is 9.09. The lowest BCUT2D eigenvalue weighted by Crippen LogP contribution is -2.24. The van der Waals surface area contributed by atoms with Gasteiger partial charge in [-0.1, -0.05) is 0 Å². The fraction of sp³-hybridized carbons (Fsp3) is 1.00. The summed E-state index contributed by atoms with van der Waals surface area (Å²) in [6, 6.07) is 0. The van der Waals surface area contributed by atoms with Crippen LogP contribution in [0.1, 0.15) is 39.5 Å². The van der Waals surface area contributed by atoms with Crippen molar-refractivity contribution in [3.05, 3.63) is 0 Å². The van der Waals surface area contributed by atoms with Gasteiger partial charge in [0.25, 0.3) is 0 Å². The van der Waals surface area contributed by atoms with Gasteiger partial charge >= 0.3 is 0 Å². The second kappa shape index (κ2) is 3.35.